The van der Waals surface area contributed by atoms with Gasteiger partial charge in [0.15, 0.2) is 0 Å². The number of fused-ring (bicyclic) bond motifs is 1. The zero-order valence-electron chi connectivity index (χ0n) is 48.5. The number of aromatic nitrogens is 3. The third-order valence-electron chi connectivity index (χ3n) is 17.4. The number of hydrogen-bond acceptors (Lipinski definition) is 13. The summed E-state index contributed by atoms with van der Waals surface area (Å²) in [5.74, 6) is 1.99. The molecule has 0 radical (unpaired) electrons. The first-order valence-corrected chi connectivity index (χ1v) is 30.6. The van der Waals surface area contributed by atoms with Gasteiger partial charge in [-0.3, -0.25) is 28.9 Å². The molecule has 7 N–H and O–H groups in total. The number of nitrogens with two attached hydrogens (primary N) is 1. The molecule has 0 spiro atoms. The van der Waals surface area contributed by atoms with E-state index in [9.17, 15) is 24.0 Å². The molecule has 3 aliphatic heterocycles. The van der Waals surface area contributed by atoms with Gasteiger partial charge in [-0.1, -0.05) is 67.6 Å². The number of ether oxygens (including phenoxy) is 2. The number of piperazine rings is 1. The van der Waals surface area contributed by atoms with Crippen LogP contribution in [-0.4, -0.2) is 156 Å². The van der Waals surface area contributed by atoms with Crippen molar-refractivity contribution in [2.45, 2.75) is 127 Å². The molecule has 1 saturated carbocycles. The maximum Gasteiger partial charge on any atom is 0.251 e. The monoisotopic (exact) mass is 1160 g/mol. The quantitative estimate of drug-likeness (QED) is 0.0317. The summed E-state index contributed by atoms with van der Waals surface area (Å²) in [4.78, 5) is 89.2. The topological polar surface area (TPSA) is 232 Å². The van der Waals surface area contributed by atoms with E-state index in [4.69, 9.17) is 26.8 Å². The van der Waals surface area contributed by atoms with E-state index in [1.165, 1.54) is 0 Å². The van der Waals surface area contributed by atoms with Gasteiger partial charge >= 0.3 is 0 Å². The number of carbonyl (C=O) groups is 5. The van der Waals surface area contributed by atoms with E-state index in [0.29, 0.717) is 101 Å². The maximum atomic E-state index is 14.0. The number of carbonyl (C=O) groups excluding carboxylic acids is 5. The number of amides is 5. The first kappa shape index (κ1) is 60.8. The zero-order valence-corrected chi connectivity index (χ0v) is 49.2. The van der Waals surface area contributed by atoms with Gasteiger partial charge in [-0.15, -0.1) is 0 Å². The second-order valence-corrected chi connectivity index (χ2v) is 23.4. The lowest BCUT2D eigenvalue weighted by Crippen LogP contribution is -2.60. The fraction of sp³-hybridized carbons (Fsp3) is 0.540. The Morgan fingerprint density at radius 3 is 2.40 bits per heavy atom. The molecule has 4 fully saturated rings. The number of anilines is 1. The van der Waals surface area contributed by atoms with Crippen LogP contribution < -0.4 is 41.4 Å². The molecule has 5 aromatic rings. The molecule has 19 nitrogen and oxygen atoms in total. The number of piperidine rings is 2. The number of H-pyrrole nitrogens is 1. The molecule has 20 heteroatoms. The van der Waals surface area contributed by atoms with Crippen LogP contribution in [0.2, 0.25) is 5.02 Å². The molecule has 9 rings (SSSR count). The van der Waals surface area contributed by atoms with Crippen LogP contribution in [0.3, 0.4) is 0 Å². The van der Waals surface area contributed by atoms with Gasteiger partial charge in [0.2, 0.25) is 23.6 Å². The van der Waals surface area contributed by atoms with Crippen LogP contribution in [0.1, 0.15) is 136 Å². The Kier molecular flexibility index (Phi) is 21.7. The van der Waals surface area contributed by atoms with Gasteiger partial charge in [0, 0.05) is 113 Å². The van der Waals surface area contributed by atoms with Gasteiger partial charge in [0.1, 0.15) is 35.3 Å². The molecule has 83 heavy (non-hydrogen) atoms. The predicted molar refractivity (Wildman–Crippen MR) is 322 cm³/mol. The molecule has 4 aliphatic rings. The highest BCUT2D eigenvalue weighted by atomic mass is 35.5. The number of likely N-dealkylation sites (tertiary alicyclic amines) is 1. The van der Waals surface area contributed by atoms with Crippen molar-refractivity contribution < 1.29 is 33.4 Å². The standard InChI is InChI=1S/C63H85ClN12O7/c1-3-83-54-39-51(82-2)23-20-48(54)40-66-41-56(78)76-30-11-16-49(42-76)46-14-10-15-47(38-46)60(79)72-57(45-12-6-4-7-13-45)61(80)68-28-9-5-8-17-55(77)74-36-34-73(35-37-74)31-25-53(44-18-21-50(64)22-19-44)71-62(81)63(65)26-32-75(33-27-63)59-52-24-29-67-58(52)69-43-70-59/h10,14-15,18-24,29,38-39,43,45,49,53,57,66H,3-9,11-13,16-17,25-28,30-37,40-42,65H2,1-2H3,(H,68,80)(H,71,81)(H,72,79)(H,67,69,70)/t49?,53-,57+/m0/s1. The Labute approximate surface area is 493 Å². The smallest absolute Gasteiger partial charge is 0.251 e. The first-order valence-electron chi connectivity index (χ1n) is 30.2. The third-order valence-corrected chi connectivity index (χ3v) is 17.6. The number of halogens is 1. The van der Waals surface area contributed by atoms with E-state index < -0.39 is 11.6 Å². The van der Waals surface area contributed by atoms with Crippen molar-refractivity contribution in [3.05, 3.63) is 113 Å². The largest absolute Gasteiger partial charge is 0.497 e. The average molecular weight is 1160 g/mol. The summed E-state index contributed by atoms with van der Waals surface area (Å²) in [6.07, 6.45) is 14.4. The van der Waals surface area contributed by atoms with Gasteiger partial charge in [-0.05, 0) is 118 Å². The number of rotatable bonds is 25. The van der Waals surface area contributed by atoms with Crippen molar-refractivity contribution in [3.63, 3.8) is 0 Å². The Hall–Kier alpha value is -6.80. The van der Waals surface area contributed by atoms with Crippen LogP contribution >= 0.6 is 11.6 Å². The van der Waals surface area contributed by atoms with Gasteiger partial charge in [0.05, 0.1) is 37.2 Å². The van der Waals surface area contributed by atoms with Crippen molar-refractivity contribution in [3.8, 4) is 11.5 Å². The molecular formula is C63H85ClN12O7. The number of hydrogen-bond donors (Lipinski definition) is 6. The number of unbranched alkanes of at least 4 members (excludes halogenated alkanes) is 2. The van der Waals surface area contributed by atoms with E-state index >= 15 is 0 Å². The van der Waals surface area contributed by atoms with Crippen LogP contribution in [0, 0.1) is 5.92 Å². The third kappa shape index (κ3) is 16.3. The van der Waals surface area contributed by atoms with Gasteiger partial charge in [0.25, 0.3) is 5.91 Å². The molecule has 446 valence electrons. The van der Waals surface area contributed by atoms with Crippen LogP contribution in [0.15, 0.2) is 85.3 Å². The summed E-state index contributed by atoms with van der Waals surface area (Å²) >= 11 is 6.28. The normalized spacial score (nSPS) is 18.5. The summed E-state index contributed by atoms with van der Waals surface area (Å²) in [5, 5.41) is 14.5. The van der Waals surface area contributed by atoms with Gasteiger partial charge < -0.3 is 56.2 Å². The minimum atomic E-state index is -1.03. The molecule has 3 saturated heterocycles. The second-order valence-electron chi connectivity index (χ2n) is 22.9. The van der Waals surface area contributed by atoms with Crippen molar-refractivity contribution in [1.29, 1.82) is 0 Å². The number of nitrogens with zero attached hydrogens (tertiary/aromatic N) is 6. The summed E-state index contributed by atoms with van der Waals surface area (Å²) in [6, 6.07) is 22.0. The summed E-state index contributed by atoms with van der Waals surface area (Å²) in [6.45, 7) is 9.52. The lowest BCUT2D eigenvalue weighted by atomic mass is 9.83. The van der Waals surface area contributed by atoms with Gasteiger partial charge in [-0.2, -0.15) is 0 Å². The van der Waals surface area contributed by atoms with Crippen molar-refractivity contribution in [2.75, 3.05) is 90.6 Å². The highest BCUT2D eigenvalue weighted by molar-refractivity contribution is 6.30. The highest BCUT2D eigenvalue weighted by Crippen LogP contribution is 2.32. The molecule has 5 heterocycles. The Bertz CT molecular complexity index is 2960. The molecule has 2 aromatic heterocycles. The molecule has 3 atom stereocenters. The van der Waals surface area contributed by atoms with Crippen LogP contribution in [-0.2, 0) is 25.7 Å². The van der Waals surface area contributed by atoms with Crippen molar-refractivity contribution in [1.82, 2.24) is 50.9 Å². The van der Waals surface area contributed by atoms with E-state index in [1.807, 2.05) is 89.7 Å². The number of nitrogens with one attached hydrogen (secondary N) is 5. The lowest BCUT2D eigenvalue weighted by molar-refractivity contribution is -0.133. The molecule has 1 unspecified atom stereocenters. The van der Waals surface area contributed by atoms with Crippen LogP contribution in [0.5, 0.6) is 11.5 Å². The second kappa shape index (κ2) is 29.6. The van der Waals surface area contributed by atoms with E-state index in [2.05, 4.69) is 46.0 Å². The fourth-order valence-electron chi connectivity index (χ4n) is 12.4. The first-order chi connectivity index (χ1) is 40.4. The Morgan fingerprint density at radius 1 is 0.831 bits per heavy atom. The minimum absolute atomic E-state index is 0.0304. The highest BCUT2D eigenvalue weighted by Gasteiger charge is 2.40. The van der Waals surface area contributed by atoms with Crippen molar-refractivity contribution >= 4 is 58.0 Å². The van der Waals surface area contributed by atoms with Crippen LogP contribution in [0.4, 0.5) is 5.82 Å². The summed E-state index contributed by atoms with van der Waals surface area (Å²) in [5.41, 5.74) is 10.1. The molecule has 0 bridgehead atoms. The van der Waals surface area contributed by atoms with Crippen molar-refractivity contribution in [2.24, 2.45) is 11.7 Å². The Balaban J connectivity index is 0.684. The zero-order chi connectivity index (χ0) is 58.1. The molecular weight excluding hydrogens is 1070 g/mol. The van der Waals surface area contributed by atoms with Crippen LogP contribution in [0.25, 0.3) is 11.0 Å². The number of aromatic amines is 1. The molecule has 5 amide bonds. The summed E-state index contributed by atoms with van der Waals surface area (Å²) < 4.78 is 11.2. The predicted octanol–water partition coefficient (Wildman–Crippen LogP) is 7.26. The summed E-state index contributed by atoms with van der Waals surface area (Å²) in [7, 11) is 1.62. The average Bonchev–Trinajstić information content (AvgIpc) is 4.26. The number of methoxy groups -OCH3 is 1. The van der Waals surface area contributed by atoms with E-state index in [1.54, 1.807) is 19.5 Å². The minimum Gasteiger partial charge on any atom is -0.497 e. The van der Waals surface area contributed by atoms with E-state index in [-0.39, 0.29) is 54.0 Å². The number of benzene rings is 3. The van der Waals surface area contributed by atoms with Gasteiger partial charge in [-0.25, -0.2) is 9.97 Å². The molecule has 1 aliphatic carbocycles. The van der Waals surface area contributed by atoms with E-state index in [0.717, 1.165) is 123 Å². The SMILES string of the molecule is CCOc1cc(OC)ccc1CNCC(=O)N1CCCC(c2cccc(C(=O)N[C@@H](C(=O)NCCCCCC(=O)N3CCN(CC[C@H](NC(=O)C4(N)CCN(c5ncnc6[nH]ccc56)CC4)c4ccc(Cl)cc4)CC3)C3CCCCC3)c2)C1. The fourth-order valence-corrected chi connectivity index (χ4v) is 12.5. The molecule has 3 aromatic carbocycles. The Morgan fingerprint density at radius 2 is 1.63 bits per heavy atom. The lowest BCUT2D eigenvalue weighted by Gasteiger charge is -2.39. The maximum absolute atomic E-state index is 14.0.